The summed E-state index contributed by atoms with van der Waals surface area (Å²) in [5.74, 6) is 1.03. The number of amides is 1. The van der Waals surface area contributed by atoms with Crippen molar-refractivity contribution in [3.05, 3.63) is 45.6 Å². The third kappa shape index (κ3) is 4.96. The molecular formula is C20H17Cl2N3O3S. The third-order valence-corrected chi connectivity index (χ3v) is 6.01. The molecule has 1 aliphatic rings. The molecule has 2 heterocycles. The SMILES string of the molecule is C/C=C(Cl)\C(Cl)=C(/C)NC(=O)CSc1nc2cc3c(cc2cc1C#N)OCCO3. The number of ether oxygens (including phenoxy) is 2. The summed E-state index contributed by atoms with van der Waals surface area (Å²) in [6.07, 6.45) is 1.64. The lowest BCUT2D eigenvalue weighted by Gasteiger charge is -2.18. The lowest BCUT2D eigenvalue weighted by Crippen LogP contribution is -2.24. The number of rotatable bonds is 5. The molecule has 3 rings (SSSR count). The Morgan fingerprint density at radius 2 is 2.00 bits per heavy atom. The minimum absolute atomic E-state index is 0.0622. The lowest BCUT2D eigenvalue weighted by atomic mass is 10.1. The van der Waals surface area contributed by atoms with Crippen molar-refractivity contribution in [3.63, 3.8) is 0 Å². The van der Waals surface area contributed by atoms with Crippen molar-refractivity contribution in [1.82, 2.24) is 10.3 Å². The summed E-state index contributed by atoms with van der Waals surface area (Å²) >= 11 is 13.2. The number of allylic oxidation sites excluding steroid dienone is 4. The molecule has 9 heteroatoms. The fraction of sp³-hybridized carbons (Fsp3) is 0.250. The summed E-state index contributed by atoms with van der Waals surface area (Å²) in [5, 5.41) is 14.0. The monoisotopic (exact) mass is 449 g/mol. The normalized spacial score (nSPS) is 14.2. The number of benzene rings is 1. The van der Waals surface area contributed by atoms with Gasteiger partial charge in [0.2, 0.25) is 5.91 Å². The summed E-state index contributed by atoms with van der Waals surface area (Å²) in [6, 6.07) is 7.45. The molecule has 1 aromatic carbocycles. The number of thioether (sulfide) groups is 1. The van der Waals surface area contributed by atoms with Crippen LogP contribution in [0.2, 0.25) is 0 Å². The molecule has 29 heavy (non-hydrogen) atoms. The average molecular weight is 450 g/mol. The van der Waals surface area contributed by atoms with E-state index in [4.69, 9.17) is 32.7 Å². The van der Waals surface area contributed by atoms with Crippen LogP contribution in [0.5, 0.6) is 11.5 Å². The number of nitrogens with zero attached hydrogens (tertiary/aromatic N) is 2. The quantitative estimate of drug-likeness (QED) is 0.525. The first-order chi connectivity index (χ1) is 13.9. The van der Waals surface area contributed by atoms with Gasteiger partial charge < -0.3 is 14.8 Å². The Morgan fingerprint density at radius 3 is 2.66 bits per heavy atom. The topological polar surface area (TPSA) is 84.2 Å². The second-order valence-corrected chi connectivity index (χ2v) is 7.80. The highest BCUT2D eigenvalue weighted by molar-refractivity contribution is 8.00. The van der Waals surface area contributed by atoms with Crippen LogP contribution >= 0.6 is 35.0 Å². The van der Waals surface area contributed by atoms with Crippen LogP contribution in [0.3, 0.4) is 0 Å². The average Bonchev–Trinajstić information content (AvgIpc) is 2.74. The van der Waals surface area contributed by atoms with Gasteiger partial charge in [-0.05, 0) is 26.0 Å². The molecule has 6 nitrogen and oxygen atoms in total. The van der Waals surface area contributed by atoms with Gasteiger partial charge in [-0.15, -0.1) is 0 Å². The maximum absolute atomic E-state index is 12.3. The van der Waals surface area contributed by atoms with Gasteiger partial charge in [-0.1, -0.05) is 41.0 Å². The van der Waals surface area contributed by atoms with Gasteiger partial charge in [0.1, 0.15) is 24.3 Å². The minimum Gasteiger partial charge on any atom is -0.486 e. The minimum atomic E-state index is -0.279. The van der Waals surface area contributed by atoms with Crippen LogP contribution in [0, 0.1) is 11.3 Å². The van der Waals surface area contributed by atoms with E-state index in [9.17, 15) is 10.1 Å². The molecule has 0 unspecified atom stereocenters. The van der Waals surface area contributed by atoms with Crippen molar-refractivity contribution in [2.24, 2.45) is 0 Å². The predicted molar refractivity (Wildman–Crippen MR) is 114 cm³/mol. The van der Waals surface area contributed by atoms with Gasteiger partial charge in [-0.3, -0.25) is 4.79 Å². The number of carbonyl (C=O) groups excluding carboxylic acids is 1. The second kappa shape index (κ2) is 9.40. The van der Waals surface area contributed by atoms with Crippen LogP contribution in [-0.4, -0.2) is 29.9 Å². The van der Waals surface area contributed by atoms with Gasteiger partial charge in [0.25, 0.3) is 0 Å². The van der Waals surface area contributed by atoms with Crippen molar-refractivity contribution < 1.29 is 14.3 Å². The zero-order valence-electron chi connectivity index (χ0n) is 15.7. The van der Waals surface area contributed by atoms with Gasteiger partial charge in [-0.2, -0.15) is 5.26 Å². The molecule has 0 aliphatic carbocycles. The van der Waals surface area contributed by atoms with E-state index in [0.29, 0.717) is 51.5 Å². The number of halogens is 2. The fourth-order valence-electron chi connectivity index (χ4n) is 2.62. The largest absolute Gasteiger partial charge is 0.486 e. The third-order valence-electron chi connectivity index (χ3n) is 4.02. The van der Waals surface area contributed by atoms with Crippen molar-refractivity contribution in [2.45, 2.75) is 18.9 Å². The molecule has 0 fully saturated rings. The molecule has 0 saturated heterocycles. The summed E-state index contributed by atoms with van der Waals surface area (Å²) < 4.78 is 11.2. The molecule has 0 saturated carbocycles. The zero-order chi connectivity index (χ0) is 21.0. The van der Waals surface area contributed by atoms with Gasteiger partial charge in [0.05, 0.1) is 26.9 Å². The number of carbonyl (C=O) groups is 1. The summed E-state index contributed by atoms with van der Waals surface area (Å²) in [4.78, 5) is 16.8. The number of hydrogen-bond donors (Lipinski definition) is 1. The van der Waals surface area contributed by atoms with Crippen LogP contribution in [0.4, 0.5) is 0 Å². The highest BCUT2D eigenvalue weighted by Gasteiger charge is 2.16. The summed E-state index contributed by atoms with van der Waals surface area (Å²) in [5.41, 5.74) is 1.50. The first-order valence-electron chi connectivity index (χ1n) is 8.68. The highest BCUT2D eigenvalue weighted by Crippen LogP contribution is 2.35. The first-order valence-corrected chi connectivity index (χ1v) is 10.4. The van der Waals surface area contributed by atoms with Crippen molar-refractivity contribution in [2.75, 3.05) is 19.0 Å². The van der Waals surface area contributed by atoms with E-state index < -0.39 is 0 Å². The number of nitrogens with one attached hydrogen (secondary N) is 1. The van der Waals surface area contributed by atoms with Gasteiger partial charge >= 0.3 is 0 Å². The number of pyridine rings is 1. The van der Waals surface area contributed by atoms with Crippen molar-refractivity contribution in [1.29, 1.82) is 5.26 Å². The Balaban J connectivity index is 1.79. The Labute approximate surface area is 182 Å². The van der Waals surface area contributed by atoms with E-state index in [-0.39, 0.29) is 16.7 Å². The molecule has 0 bridgehead atoms. The Kier molecular flexibility index (Phi) is 6.91. The maximum atomic E-state index is 12.3. The van der Waals surface area contributed by atoms with Gasteiger partial charge in [0, 0.05) is 17.1 Å². The zero-order valence-corrected chi connectivity index (χ0v) is 18.0. The van der Waals surface area contributed by atoms with Crippen LogP contribution in [-0.2, 0) is 4.79 Å². The predicted octanol–water partition coefficient (Wildman–Crippen LogP) is 4.70. The van der Waals surface area contributed by atoms with Crippen molar-refractivity contribution >= 4 is 51.8 Å². The van der Waals surface area contributed by atoms with E-state index in [1.54, 1.807) is 38.1 Å². The van der Waals surface area contributed by atoms with Gasteiger partial charge in [0.15, 0.2) is 11.5 Å². The Morgan fingerprint density at radius 1 is 1.31 bits per heavy atom. The number of fused-ring (bicyclic) bond motifs is 2. The van der Waals surface area contributed by atoms with E-state index in [1.165, 1.54) is 11.8 Å². The molecule has 2 aromatic rings. The van der Waals surface area contributed by atoms with E-state index in [2.05, 4.69) is 16.4 Å². The van der Waals surface area contributed by atoms with Crippen LogP contribution in [0.15, 0.2) is 45.1 Å². The standard InChI is InChI=1S/C20H17Cl2N3O3S/c1-3-14(21)19(22)11(2)24-18(26)10-29-20-13(9-23)6-12-7-16-17(8-15(12)25-20)28-5-4-27-16/h3,6-8H,4-5,10H2,1-2H3,(H,24,26)/b14-3+,19-11-. The van der Waals surface area contributed by atoms with Crippen LogP contribution in [0.1, 0.15) is 19.4 Å². The smallest absolute Gasteiger partial charge is 0.234 e. The van der Waals surface area contributed by atoms with E-state index in [0.717, 1.165) is 5.39 Å². The second-order valence-electron chi connectivity index (χ2n) is 6.05. The van der Waals surface area contributed by atoms with E-state index in [1.807, 2.05) is 0 Å². The molecule has 1 aliphatic heterocycles. The van der Waals surface area contributed by atoms with Crippen LogP contribution in [0.25, 0.3) is 10.9 Å². The highest BCUT2D eigenvalue weighted by atomic mass is 35.5. The molecule has 0 radical (unpaired) electrons. The molecular weight excluding hydrogens is 433 g/mol. The molecule has 1 aromatic heterocycles. The molecule has 150 valence electrons. The maximum Gasteiger partial charge on any atom is 0.234 e. The lowest BCUT2D eigenvalue weighted by molar-refractivity contribution is -0.117. The Bertz CT molecular complexity index is 1080. The molecule has 1 N–H and O–H groups in total. The van der Waals surface area contributed by atoms with E-state index >= 15 is 0 Å². The number of nitriles is 1. The summed E-state index contributed by atoms with van der Waals surface area (Å²) in [7, 11) is 0. The molecule has 1 amide bonds. The number of aromatic nitrogens is 1. The molecule has 0 atom stereocenters. The molecule has 0 spiro atoms. The van der Waals surface area contributed by atoms with Crippen molar-refractivity contribution in [3.8, 4) is 17.6 Å². The van der Waals surface area contributed by atoms with Crippen LogP contribution < -0.4 is 14.8 Å². The number of hydrogen-bond acceptors (Lipinski definition) is 6. The fourth-order valence-corrected chi connectivity index (χ4v) is 3.68. The Hall–Kier alpha value is -2.40. The van der Waals surface area contributed by atoms with Gasteiger partial charge in [-0.25, -0.2) is 4.98 Å². The first kappa shape index (κ1) is 21.3. The summed E-state index contributed by atoms with van der Waals surface area (Å²) in [6.45, 7) is 4.37.